The van der Waals surface area contributed by atoms with Crippen molar-refractivity contribution in [1.82, 2.24) is 0 Å². The topological polar surface area (TPSA) is 17.1 Å². The number of rotatable bonds is 1. The first-order valence-corrected chi connectivity index (χ1v) is 3.01. The summed E-state index contributed by atoms with van der Waals surface area (Å²) in [6.45, 7) is 1.49. The molecule has 0 N–H and O–H groups in total. The lowest BCUT2D eigenvalue weighted by atomic mass is 10.9. The number of hydrogen-bond acceptors (Lipinski definition) is 2. The van der Waals surface area contributed by atoms with E-state index in [0.29, 0.717) is 0 Å². The fourth-order valence-electron chi connectivity index (χ4n) is 0.122. The highest BCUT2D eigenvalue weighted by Crippen LogP contribution is 2.02. The summed E-state index contributed by atoms with van der Waals surface area (Å²) < 4.78 is 0. The van der Waals surface area contributed by atoms with Crippen molar-refractivity contribution in [2.75, 3.05) is 0 Å². The summed E-state index contributed by atoms with van der Waals surface area (Å²) in [6, 6.07) is 0. The maximum atomic E-state index is 10.1. The van der Waals surface area contributed by atoms with Crippen molar-refractivity contribution in [2.45, 2.75) is 6.92 Å². The molecule has 0 spiro atoms. The van der Waals surface area contributed by atoms with Gasteiger partial charge in [0.1, 0.15) is 0 Å². The average Bonchev–Trinajstić information content (AvgIpc) is 1.61. The van der Waals surface area contributed by atoms with E-state index in [9.17, 15) is 4.79 Å². The Balaban J connectivity index is 3.14. The van der Waals surface area contributed by atoms with Gasteiger partial charge in [-0.1, -0.05) is 23.4 Å². The van der Waals surface area contributed by atoms with Crippen LogP contribution in [0.15, 0.2) is 10.9 Å². The number of thioether (sulfide) groups is 1. The van der Waals surface area contributed by atoms with Crippen LogP contribution in [0, 0.1) is 0 Å². The summed E-state index contributed by atoms with van der Waals surface area (Å²) in [5, 5.41) is 1.58. The third-order valence-corrected chi connectivity index (χ3v) is 1.16. The van der Waals surface area contributed by atoms with Gasteiger partial charge in [0.2, 0.25) is 0 Å². The zero-order valence-corrected chi connectivity index (χ0v) is 5.42. The highest BCUT2D eigenvalue weighted by molar-refractivity contribution is 8.16. The minimum atomic E-state index is 0.0527. The Hall–Kier alpha value is 0.0500. The molecular formula is C4H5ClOS. The molecule has 40 valence electrons. The SMILES string of the molecule is CC(=O)SC=CCl. The Morgan fingerprint density at radius 3 is 2.57 bits per heavy atom. The molecule has 0 saturated heterocycles. The Bertz CT molecular complexity index is 89.7. The zero-order valence-electron chi connectivity index (χ0n) is 3.85. The Labute approximate surface area is 51.7 Å². The maximum absolute atomic E-state index is 10.1. The summed E-state index contributed by atoms with van der Waals surface area (Å²) in [7, 11) is 0. The van der Waals surface area contributed by atoms with Crippen LogP contribution in [0.2, 0.25) is 0 Å². The smallest absolute Gasteiger partial charge is 0.190 e. The van der Waals surface area contributed by atoms with Crippen molar-refractivity contribution in [3.05, 3.63) is 10.9 Å². The maximum Gasteiger partial charge on any atom is 0.190 e. The van der Waals surface area contributed by atoms with Gasteiger partial charge in [-0.2, -0.15) is 0 Å². The molecule has 0 amide bonds. The minimum Gasteiger partial charge on any atom is -0.287 e. The van der Waals surface area contributed by atoms with E-state index >= 15 is 0 Å². The molecule has 0 aliphatic carbocycles. The molecule has 0 radical (unpaired) electrons. The Kier molecular flexibility index (Phi) is 4.25. The predicted octanol–water partition coefficient (Wildman–Crippen LogP) is 1.98. The van der Waals surface area contributed by atoms with Crippen LogP contribution >= 0.6 is 23.4 Å². The molecule has 0 fully saturated rings. The average molecular weight is 137 g/mol. The number of hydrogen-bond donors (Lipinski definition) is 0. The third-order valence-electron chi connectivity index (χ3n) is 0.285. The highest BCUT2D eigenvalue weighted by Gasteiger charge is 1.82. The molecule has 0 unspecified atom stereocenters. The fraction of sp³-hybridized carbons (Fsp3) is 0.250. The first-order valence-electron chi connectivity index (χ1n) is 1.70. The third kappa shape index (κ3) is 6.05. The van der Waals surface area contributed by atoms with Gasteiger partial charge in [-0.25, -0.2) is 0 Å². The lowest BCUT2D eigenvalue weighted by molar-refractivity contribution is -0.109. The molecule has 0 bridgehead atoms. The van der Waals surface area contributed by atoms with E-state index in [1.54, 1.807) is 0 Å². The van der Waals surface area contributed by atoms with Gasteiger partial charge in [0.05, 0.1) is 0 Å². The van der Waals surface area contributed by atoms with Gasteiger partial charge in [-0.05, 0) is 5.41 Å². The van der Waals surface area contributed by atoms with Gasteiger partial charge >= 0.3 is 0 Å². The Morgan fingerprint density at radius 1 is 1.86 bits per heavy atom. The number of carbonyl (C=O) groups excluding carboxylic acids is 1. The van der Waals surface area contributed by atoms with E-state index in [-0.39, 0.29) is 5.12 Å². The van der Waals surface area contributed by atoms with Crippen LogP contribution in [0.1, 0.15) is 6.92 Å². The molecule has 0 saturated carbocycles. The van der Waals surface area contributed by atoms with Gasteiger partial charge in [-0.3, -0.25) is 4.79 Å². The highest BCUT2D eigenvalue weighted by atomic mass is 35.5. The van der Waals surface area contributed by atoms with E-state index in [1.807, 2.05) is 0 Å². The minimum absolute atomic E-state index is 0.0527. The molecular weight excluding hydrogens is 132 g/mol. The fourth-order valence-corrected chi connectivity index (χ4v) is 0.519. The van der Waals surface area contributed by atoms with Crippen molar-refractivity contribution >= 4 is 28.5 Å². The Morgan fingerprint density at radius 2 is 2.43 bits per heavy atom. The summed E-state index contributed by atoms with van der Waals surface area (Å²) >= 11 is 6.17. The van der Waals surface area contributed by atoms with E-state index in [0.717, 1.165) is 11.8 Å². The molecule has 0 aliphatic heterocycles. The van der Waals surface area contributed by atoms with E-state index < -0.39 is 0 Å². The van der Waals surface area contributed by atoms with Crippen LogP contribution in [0.3, 0.4) is 0 Å². The molecule has 0 aromatic heterocycles. The monoisotopic (exact) mass is 136 g/mol. The second-order valence-corrected chi connectivity index (χ2v) is 2.21. The first-order chi connectivity index (χ1) is 3.27. The molecule has 0 aromatic rings. The normalized spacial score (nSPS) is 10.0. The van der Waals surface area contributed by atoms with Crippen molar-refractivity contribution in [1.29, 1.82) is 0 Å². The second-order valence-electron chi connectivity index (χ2n) is 0.872. The zero-order chi connectivity index (χ0) is 5.70. The largest absolute Gasteiger partial charge is 0.287 e. The molecule has 3 heteroatoms. The second kappa shape index (κ2) is 4.22. The molecule has 0 aromatic carbocycles. The van der Waals surface area contributed by atoms with E-state index in [2.05, 4.69) is 0 Å². The summed E-state index contributed by atoms with van der Waals surface area (Å²) in [4.78, 5) is 10.1. The van der Waals surface area contributed by atoms with Crippen LogP contribution in [0.5, 0.6) is 0 Å². The van der Waals surface area contributed by atoms with Crippen molar-refractivity contribution in [3.63, 3.8) is 0 Å². The van der Waals surface area contributed by atoms with E-state index in [1.165, 1.54) is 17.9 Å². The first kappa shape index (κ1) is 7.05. The number of halogens is 1. The molecule has 7 heavy (non-hydrogen) atoms. The van der Waals surface area contributed by atoms with Crippen LogP contribution < -0.4 is 0 Å². The van der Waals surface area contributed by atoms with Crippen LogP contribution in [0.4, 0.5) is 0 Å². The molecule has 0 atom stereocenters. The van der Waals surface area contributed by atoms with Crippen LogP contribution in [0.25, 0.3) is 0 Å². The summed E-state index contributed by atoms with van der Waals surface area (Å²) in [5.74, 6) is 0. The van der Waals surface area contributed by atoms with Crippen LogP contribution in [-0.4, -0.2) is 5.12 Å². The predicted molar refractivity (Wildman–Crippen MR) is 33.3 cm³/mol. The summed E-state index contributed by atoms with van der Waals surface area (Å²) in [6.07, 6.45) is 0. The van der Waals surface area contributed by atoms with Gasteiger partial charge in [0.15, 0.2) is 5.12 Å². The van der Waals surface area contributed by atoms with Crippen LogP contribution in [-0.2, 0) is 4.79 Å². The van der Waals surface area contributed by atoms with Gasteiger partial charge in [0.25, 0.3) is 0 Å². The number of carbonyl (C=O) groups is 1. The van der Waals surface area contributed by atoms with Gasteiger partial charge in [0, 0.05) is 12.5 Å². The van der Waals surface area contributed by atoms with Crippen molar-refractivity contribution in [3.8, 4) is 0 Å². The van der Waals surface area contributed by atoms with Gasteiger partial charge in [-0.15, -0.1) is 0 Å². The standard InChI is InChI=1S/C4H5ClOS/c1-4(6)7-3-2-5/h2-3H,1H3. The van der Waals surface area contributed by atoms with Crippen molar-refractivity contribution < 1.29 is 4.79 Å². The quantitative estimate of drug-likeness (QED) is 0.548. The molecule has 0 rings (SSSR count). The molecule has 1 nitrogen and oxygen atoms in total. The van der Waals surface area contributed by atoms with Crippen molar-refractivity contribution in [2.24, 2.45) is 0 Å². The van der Waals surface area contributed by atoms with E-state index in [4.69, 9.17) is 11.6 Å². The lowest BCUT2D eigenvalue weighted by Gasteiger charge is -1.76. The lowest BCUT2D eigenvalue weighted by Crippen LogP contribution is -1.72. The molecule has 0 heterocycles. The summed E-state index contributed by atoms with van der Waals surface area (Å²) in [5.41, 5.74) is 1.31. The molecule has 0 aliphatic rings. The van der Waals surface area contributed by atoms with Gasteiger partial charge < -0.3 is 0 Å².